The molecule has 3 aromatic heterocycles. The van der Waals surface area contributed by atoms with E-state index in [0.29, 0.717) is 23.8 Å². The monoisotopic (exact) mass is 568 g/mol. The minimum Gasteiger partial charge on any atom is -0.346 e. The number of benzene rings is 1. The summed E-state index contributed by atoms with van der Waals surface area (Å²) >= 11 is 1.77. The quantitative estimate of drug-likeness (QED) is 0.205. The third kappa shape index (κ3) is 5.61. The van der Waals surface area contributed by atoms with E-state index in [-0.39, 0.29) is 0 Å². The van der Waals surface area contributed by atoms with Crippen molar-refractivity contribution >= 4 is 27.5 Å². The SMILES string of the molecule is Cc1cc(C)cc(-c2[nH]c3sc(C(C)(C)C(=O)N4CC5CCC4CC5)cc3c2[C@@H](C)CNCCc2ccncc2)c1. The van der Waals surface area contributed by atoms with Gasteiger partial charge in [0.25, 0.3) is 0 Å². The first-order valence-corrected chi connectivity index (χ1v) is 16.2. The molecule has 7 rings (SSSR count). The van der Waals surface area contributed by atoms with Crippen LogP contribution in [0, 0.1) is 19.8 Å². The Hall–Kier alpha value is -2.96. The van der Waals surface area contributed by atoms with Crippen LogP contribution in [0.15, 0.2) is 48.8 Å². The van der Waals surface area contributed by atoms with E-state index >= 15 is 0 Å². The summed E-state index contributed by atoms with van der Waals surface area (Å²) in [7, 11) is 0. The Kier molecular flexibility index (Phi) is 7.82. The minimum atomic E-state index is -0.536. The lowest BCUT2D eigenvalue weighted by Gasteiger charge is -2.47. The van der Waals surface area contributed by atoms with Crippen LogP contribution in [0.4, 0.5) is 0 Å². The summed E-state index contributed by atoms with van der Waals surface area (Å²) in [5, 5.41) is 4.98. The number of amides is 1. The first-order valence-electron chi connectivity index (χ1n) is 15.4. The van der Waals surface area contributed by atoms with Crippen molar-refractivity contribution in [3.63, 3.8) is 0 Å². The maximum Gasteiger partial charge on any atom is 0.233 e. The summed E-state index contributed by atoms with van der Waals surface area (Å²) in [6, 6.07) is 13.7. The molecule has 3 aliphatic rings. The molecular weight excluding hydrogens is 524 g/mol. The zero-order valence-corrected chi connectivity index (χ0v) is 26.0. The number of aromatic amines is 1. The van der Waals surface area contributed by atoms with E-state index in [0.717, 1.165) is 30.9 Å². The molecule has 6 heteroatoms. The largest absolute Gasteiger partial charge is 0.346 e. The topological polar surface area (TPSA) is 61.0 Å². The van der Waals surface area contributed by atoms with Gasteiger partial charge in [0.2, 0.25) is 5.91 Å². The second-order valence-electron chi connectivity index (χ2n) is 13.1. The van der Waals surface area contributed by atoms with Crippen molar-refractivity contribution in [2.75, 3.05) is 19.6 Å². The second kappa shape index (κ2) is 11.4. The predicted molar refractivity (Wildman–Crippen MR) is 171 cm³/mol. The van der Waals surface area contributed by atoms with Gasteiger partial charge < -0.3 is 15.2 Å². The summed E-state index contributed by atoms with van der Waals surface area (Å²) < 4.78 is 0. The molecule has 1 amide bonds. The molecule has 1 aromatic carbocycles. The van der Waals surface area contributed by atoms with E-state index in [9.17, 15) is 4.79 Å². The van der Waals surface area contributed by atoms with Crippen LogP contribution in [0.2, 0.25) is 0 Å². The van der Waals surface area contributed by atoms with E-state index in [1.54, 1.807) is 11.3 Å². The number of aryl methyl sites for hydroxylation is 2. The van der Waals surface area contributed by atoms with Crippen molar-refractivity contribution < 1.29 is 4.79 Å². The molecular formula is C35H44N4OS. The number of aromatic nitrogens is 2. The molecule has 2 aliphatic heterocycles. The van der Waals surface area contributed by atoms with Gasteiger partial charge in [0.15, 0.2) is 0 Å². The highest BCUT2D eigenvalue weighted by Gasteiger charge is 2.43. The number of rotatable bonds is 9. The number of hydrogen-bond donors (Lipinski definition) is 2. The first kappa shape index (κ1) is 28.2. The number of nitrogens with zero attached hydrogens (tertiary/aromatic N) is 2. The normalized spacial score (nSPS) is 19.7. The van der Waals surface area contributed by atoms with Crippen LogP contribution in [0.1, 0.15) is 79.5 Å². The van der Waals surface area contributed by atoms with Gasteiger partial charge in [-0.2, -0.15) is 0 Å². The Morgan fingerprint density at radius 2 is 1.80 bits per heavy atom. The molecule has 1 aliphatic carbocycles. The number of pyridine rings is 1. The Morgan fingerprint density at radius 3 is 2.46 bits per heavy atom. The first-order chi connectivity index (χ1) is 19.7. The van der Waals surface area contributed by atoms with E-state index in [4.69, 9.17) is 0 Å². The molecule has 4 aromatic rings. The van der Waals surface area contributed by atoms with Crippen molar-refractivity contribution in [2.45, 2.75) is 84.1 Å². The Morgan fingerprint density at radius 1 is 1.10 bits per heavy atom. The smallest absolute Gasteiger partial charge is 0.233 e. The highest BCUT2D eigenvalue weighted by atomic mass is 32.1. The van der Waals surface area contributed by atoms with Gasteiger partial charge in [-0.1, -0.05) is 24.1 Å². The maximum absolute atomic E-state index is 14.0. The molecule has 5 nitrogen and oxygen atoms in total. The van der Waals surface area contributed by atoms with E-state index in [2.05, 4.69) is 91.2 Å². The molecule has 41 heavy (non-hydrogen) atoms. The number of carbonyl (C=O) groups is 1. The highest BCUT2D eigenvalue weighted by molar-refractivity contribution is 7.19. The maximum atomic E-state index is 14.0. The van der Waals surface area contributed by atoms with Gasteiger partial charge in [-0.3, -0.25) is 9.78 Å². The number of thiophene rings is 1. The number of carbonyl (C=O) groups excluding carboxylic acids is 1. The van der Waals surface area contributed by atoms with Crippen molar-refractivity contribution in [2.24, 2.45) is 5.92 Å². The average Bonchev–Trinajstić information content (AvgIpc) is 3.55. The zero-order valence-electron chi connectivity index (χ0n) is 25.2. The molecule has 3 fully saturated rings. The summed E-state index contributed by atoms with van der Waals surface area (Å²) in [6.07, 6.45) is 9.63. The average molecular weight is 569 g/mol. The van der Waals surface area contributed by atoms with Crippen molar-refractivity contribution in [1.29, 1.82) is 0 Å². The molecule has 2 bridgehead atoms. The van der Waals surface area contributed by atoms with E-state index < -0.39 is 5.41 Å². The lowest BCUT2D eigenvalue weighted by Crippen LogP contribution is -2.55. The molecule has 2 saturated heterocycles. The van der Waals surface area contributed by atoms with Crippen LogP contribution in [-0.4, -0.2) is 46.5 Å². The van der Waals surface area contributed by atoms with E-state index in [1.807, 2.05) is 12.4 Å². The Bertz CT molecular complexity index is 1510. The highest BCUT2D eigenvalue weighted by Crippen LogP contribution is 2.44. The van der Waals surface area contributed by atoms with Crippen molar-refractivity contribution in [3.8, 4) is 11.3 Å². The van der Waals surface area contributed by atoms with Crippen LogP contribution in [0.3, 0.4) is 0 Å². The molecule has 5 heterocycles. The standard InChI is InChI=1S/C35H44N4OS/c1-22-16-23(2)18-27(17-22)32-31(24(3)20-37-15-12-25-10-13-36-14-11-25)29-19-30(41-33(29)38-32)35(4,5)34(40)39-21-26-6-8-28(39)9-7-26/h10-11,13-14,16-19,24,26,28,37-38H,6-9,12,15,20-21H2,1-5H3/t24-,26?,28?/m0/s1. The van der Waals surface area contributed by atoms with Crippen molar-refractivity contribution in [1.82, 2.24) is 20.2 Å². The van der Waals surface area contributed by atoms with Gasteiger partial charge in [0.05, 0.1) is 11.1 Å². The molecule has 216 valence electrons. The van der Waals surface area contributed by atoms with Crippen LogP contribution in [0.25, 0.3) is 21.5 Å². The fourth-order valence-corrected chi connectivity index (χ4v) is 8.32. The van der Waals surface area contributed by atoms with Crippen LogP contribution in [-0.2, 0) is 16.6 Å². The fraction of sp³-hybridized carbons (Fsp3) is 0.486. The summed E-state index contributed by atoms with van der Waals surface area (Å²) in [6.45, 7) is 13.7. The molecule has 1 atom stereocenters. The minimum absolute atomic E-state index is 0.302. The zero-order chi connectivity index (χ0) is 28.7. The van der Waals surface area contributed by atoms with E-state index in [1.165, 1.54) is 69.4 Å². The lowest BCUT2D eigenvalue weighted by molar-refractivity contribution is -0.143. The van der Waals surface area contributed by atoms with Gasteiger partial charge in [-0.25, -0.2) is 0 Å². The van der Waals surface area contributed by atoms with Gasteiger partial charge in [0.1, 0.15) is 4.83 Å². The summed E-state index contributed by atoms with van der Waals surface area (Å²) in [5.41, 5.74) is 7.12. The molecule has 0 unspecified atom stereocenters. The van der Waals surface area contributed by atoms with Crippen LogP contribution >= 0.6 is 11.3 Å². The number of nitrogens with one attached hydrogen (secondary N) is 2. The molecule has 2 N–H and O–H groups in total. The third-order valence-electron chi connectivity index (χ3n) is 9.45. The lowest BCUT2D eigenvalue weighted by atomic mass is 9.78. The Labute approximate surface area is 248 Å². The predicted octanol–water partition coefficient (Wildman–Crippen LogP) is 7.52. The summed E-state index contributed by atoms with van der Waals surface area (Å²) in [4.78, 5) is 26.5. The second-order valence-corrected chi connectivity index (χ2v) is 14.2. The fourth-order valence-electron chi connectivity index (χ4n) is 7.15. The molecule has 0 spiro atoms. The van der Waals surface area contributed by atoms with Gasteiger partial charge in [-0.15, -0.1) is 11.3 Å². The van der Waals surface area contributed by atoms with Gasteiger partial charge in [-0.05, 0) is 125 Å². The van der Waals surface area contributed by atoms with Crippen LogP contribution < -0.4 is 5.32 Å². The number of H-pyrrole nitrogens is 1. The van der Waals surface area contributed by atoms with Gasteiger partial charge in [0, 0.05) is 41.8 Å². The van der Waals surface area contributed by atoms with Gasteiger partial charge >= 0.3 is 0 Å². The Balaban J connectivity index is 1.30. The molecule has 1 saturated carbocycles. The summed E-state index contributed by atoms with van der Waals surface area (Å²) in [5.74, 6) is 1.30. The third-order valence-corrected chi connectivity index (χ3v) is 10.8. The van der Waals surface area contributed by atoms with Crippen molar-refractivity contribution in [3.05, 3.63) is 75.9 Å². The number of fused-ring (bicyclic) bond motifs is 4. The number of hydrogen-bond acceptors (Lipinski definition) is 4. The number of piperidine rings is 2. The van der Waals surface area contributed by atoms with Crippen LogP contribution in [0.5, 0.6) is 0 Å². The molecule has 0 radical (unpaired) electrons.